The van der Waals surface area contributed by atoms with Gasteiger partial charge in [-0.2, -0.15) is 0 Å². The lowest BCUT2D eigenvalue weighted by Crippen LogP contribution is -2.45. The van der Waals surface area contributed by atoms with Gasteiger partial charge in [0.25, 0.3) is 0 Å². The van der Waals surface area contributed by atoms with Crippen LogP contribution in [-0.4, -0.2) is 78.0 Å². The van der Waals surface area contributed by atoms with Crippen molar-refractivity contribution in [2.24, 2.45) is 4.99 Å². The molecule has 0 bridgehead atoms. The average molecular weight is 433 g/mol. The van der Waals surface area contributed by atoms with Crippen molar-refractivity contribution in [1.82, 2.24) is 30.1 Å². The van der Waals surface area contributed by atoms with Crippen molar-refractivity contribution in [3.8, 4) is 11.3 Å². The zero-order valence-electron chi connectivity index (χ0n) is 19.1. The van der Waals surface area contributed by atoms with Crippen LogP contribution in [0.3, 0.4) is 0 Å². The molecule has 0 radical (unpaired) electrons. The van der Waals surface area contributed by atoms with Crippen molar-refractivity contribution in [1.29, 1.82) is 0 Å². The minimum absolute atomic E-state index is 0.630. The quantitative estimate of drug-likeness (QED) is 0.460. The first-order valence-corrected chi connectivity index (χ1v) is 11.0. The molecule has 8 heteroatoms. The molecule has 168 valence electrons. The fraction of sp³-hybridized carbons (Fsp3) is 0.375. The number of nitrogens with zero attached hydrogens (tertiary/aromatic N) is 6. The van der Waals surface area contributed by atoms with Crippen LogP contribution < -0.4 is 10.2 Å². The zero-order valence-corrected chi connectivity index (χ0v) is 19.1. The van der Waals surface area contributed by atoms with Crippen molar-refractivity contribution in [2.75, 3.05) is 52.2 Å². The Kier molecular flexibility index (Phi) is 7.01. The molecular formula is C24H32N8. The molecule has 1 fully saturated rings. The van der Waals surface area contributed by atoms with E-state index in [0.29, 0.717) is 13.1 Å². The molecule has 0 atom stereocenters. The number of hydrogen-bond donors (Lipinski definition) is 2. The predicted molar refractivity (Wildman–Crippen MR) is 130 cm³/mol. The van der Waals surface area contributed by atoms with Gasteiger partial charge in [-0.15, -0.1) is 0 Å². The molecule has 0 saturated carbocycles. The number of piperazine rings is 1. The molecule has 0 aliphatic carbocycles. The summed E-state index contributed by atoms with van der Waals surface area (Å²) in [6.45, 7) is 5.41. The van der Waals surface area contributed by atoms with Crippen molar-refractivity contribution < 1.29 is 0 Å². The number of H-pyrrole nitrogens is 1. The van der Waals surface area contributed by atoms with Gasteiger partial charge in [-0.05, 0) is 18.7 Å². The fourth-order valence-electron chi connectivity index (χ4n) is 3.94. The second-order valence-electron chi connectivity index (χ2n) is 8.14. The molecule has 0 unspecified atom stereocenters. The van der Waals surface area contributed by atoms with E-state index >= 15 is 0 Å². The van der Waals surface area contributed by atoms with Crippen LogP contribution in [0.2, 0.25) is 0 Å². The standard InChI is InChI=1S/C24H32N8/c1-25-24(31(3)18-22-27-17-21(29-22)19-8-5-4-6-9-19)28-16-20-10-7-11-26-23(20)32-14-12-30(2)13-15-32/h4-11,17H,12-16,18H2,1-3H3,(H,25,28)(H,27,29). The molecule has 0 amide bonds. The van der Waals surface area contributed by atoms with Gasteiger partial charge in [-0.25, -0.2) is 9.97 Å². The SMILES string of the molecule is CN=C(NCc1cccnc1N1CCN(C)CC1)N(C)Cc1ncc(-c2ccccc2)[nH]1. The normalized spacial score (nSPS) is 15.1. The summed E-state index contributed by atoms with van der Waals surface area (Å²) in [5, 5.41) is 3.49. The van der Waals surface area contributed by atoms with Crippen LogP contribution in [0.25, 0.3) is 11.3 Å². The van der Waals surface area contributed by atoms with Crippen molar-refractivity contribution in [3.63, 3.8) is 0 Å². The van der Waals surface area contributed by atoms with E-state index in [1.807, 2.05) is 43.7 Å². The van der Waals surface area contributed by atoms with Crippen molar-refractivity contribution in [3.05, 3.63) is 66.2 Å². The van der Waals surface area contributed by atoms with Crippen LogP contribution in [-0.2, 0) is 13.1 Å². The van der Waals surface area contributed by atoms with E-state index in [2.05, 4.69) is 65.2 Å². The van der Waals surface area contributed by atoms with Crippen molar-refractivity contribution >= 4 is 11.8 Å². The van der Waals surface area contributed by atoms with Gasteiger partial charge in [0.1, 0.15) is 11.6 Å². The highest BCUT2D eigenvalue weighted by Crippen LogP contribution is 2.19. The number of hydrogen-bond acceptors (Lipinski definition) is 5. The third-order valence-electron chi connectivity index (χ3n) is 5.78. The number of likely N-dealkylation sites (N-methyl/N-ethyl adjacent to an activating group) is 1. The number of pyridine rings is 1. The van der Waals surface area contributed by atoms with E-state index in [4.69, 9.17) is 0 Å². The van der Waals surface area contributed by atoms with E-state index in [1.54, 1.807) is 7.05 Å². The lowest BCUT2D eigenvalue weighted by Gasteiger charge is -2.34. The maximum atomic E-state index is 4.67. The van der Waals surface area contributed by atoms with Crippen LogP contribution in [0.1, 0.15) is 11.4 Å². The first-order valence-electron chi connectivity index (χ1n) is 11.0. The van der Waals surface area contributed by atoms with Gasteiger partial charge >= 0.3 is 0 Å². The van der Waals surface area contributed by atoms with Crippen LogP contribution >= 0.6 is 0 Å². The number of rotatable bonds is 6. The number of benzene rings is 1. The van der Waals surface area contributed by atoms with E-state index in [-0.39, 0.29) is 0 Å². The van der Waals surface area contributed by atoms with Gasteiger partial charge in [0.15, 0.2) is 5.96 Å². The van der Waals surface area contributed by atoms with E-state index in [9.17, 15) is 0 Å². The van der Waals surface area contributed by atoms with Gasteiger partial charge in [-0.3, -0.25) is 4.99 Å². The Morgan fingerprint density at radius 3 is 2.62 bits per heavy atom. The molecule has 1 aliphatic rings. The Labute approximate surface area is 190 Å². The molecule has 0 spiro atoms. The second kappa shape index (κ2) is 10.3. The summed E-state index contributed by atoms with van der Waals surface area (Å²) in [4.78, 5) is 23.9. The summed E-state index contributed by atoms with van der Waals surface area (Å²) in [6, 6.07) is 14.4. The lowest BCUT2D eigenvalue weighted by atomic mass is 10.2. The maximum Gasteiger partial charge on any atom is 0.194 e. The largest absolute Gasteiger partial charge is 0.354 e. The van der Waals surface area contributed by atoms with E-state index in [0.717, 1.165) is 55.0 Å². The van der Waals surface area contributed by atoms with Crippen LogP contribution in [0.4, 0.5) is 5.82 Å². The Hall–Kier alpha value is -3.39. The lowest BCUT2D eigenvalue weighted by molar-refractivity contribution is 0.311. The molecule has 2 N–H and O–H groups in total. The van der Waals surface area contributed by atoms with Gasteiger partial charge in [0.05, 0.1) is 18.4 Å². The average Bonchev–Trinajstić information content (AvgIpc) is 3.29. The van der Waals surface area contributed by atoms with Gasteiger partial charge in [0.2, 0.25) is 0 Å². The van der Waals surface area contributed by atoms with Crippen LogP contribution in [0.15, 0.2) is 59.9 Å². The first kappa shape index (κ1) is 21.8. The third-order valence-corrected chi connectivity index (χ3v) is 5.78. The van der Waals surface area contributed by atoms with Gasteiger partial charge < -0.3 is 25.0 Å². The highest BCUT2D eigenvalue weighted by Gasteiger charge is 2.18. The number of aromatic nitrogens is 3. The number of guanidine groups is 1. The summed E-state index contributed by atoms with van der Waals surface area (Å²) in [5.74, 6) is 2.77. The van der Waals surface area contributed by atoms with Crippen LogP contribution in [0, 0.1) is 0 Å². The molecule has 4 rings (SSSR count). The monoisotopic (exact) mass is 432 g/mol. The summed E-state index contributed by atoms with van der Waals surface area (Å²) in [5.41, 5.74) is 3.32. The maximum absolute atomic E-state index is 4.67. The van der Waals surface area contributed by atoms with E-state index < -0.39 is 0 Å². The summed E-state index contributed by atoms with van der Waals surface area (Å²) in [7, 11) is 5.99. The molecule has 1 aliphatic heterocycles. The smallest absolute Gasteiger partial charge is 0.194 e. The number of imidazole rings is 1. The summed E-state index contributed by atoms with van der Waals surface area (Å²) < 4.78 is 0. The minimum atomic E-state index is 0.630. The first-order chi connectivity index (χ1) is 15.6. The van der Waals surface area contributed by atoms with Crippen LogP contribution in [0.5, 0.6) is 0 Å². The van der Waals surface area contributed by atoms with Crippen molar-refractivity contribution in [2.45, 2.75) is 13.1 Å². The molecule has 32 heavy (non-hydrogen) atoms. The Bertz CT molecular complexity index is 1020. The van der Waals surface area contributed by atoms with E-state index in [1.165, 1.54) is 5.56 Å². The Balaban J connectivity index is 1.38. The molecule has 3 heterocycles. The topological polar surface area (TPSA) is 75.7 Å². The number of aromatic amines is 1. The Morgan fingerprint density at radius 2 is 1.88 bits per heavy atom. The molecule has 1 saturated heterocycles. The Morgan fingerprint density at radius 1 is 1.09 bits per heavy atom. The predicted octanol–water partition coefficient (Wildman–Crippen LogP) is 2.43. The minimum Gasteiger partial charge on any atom is -0.354 e. The highest BCUT2D eigenvalue weighted by atomic mass is 15.3. The highest BCUT2D eigenvalue weighted by molar-refractivity contribution is 5.79. The fourth-order valence-corrected chi connectivity index (χ4v) is 3.94. The van der Waals surface area contributed by atoms with Gasteiger partial charge in [0, 0.05) is 58.6 Å². The molecular weight excluding hydrogens is 400 g/mol. The summed E-state index contributed by atoms with van der Waals surface area (Å²) in [6.07, 6.45) is 3.76. The molecule has 3 aromatic rings. The second-order valence-corrected chi connectivity index (χ2v) is 8.14. The summed E-state index contributed by atoms with van der Waals surface area (Å²) >= 11 is 0. The molecule has 1 aromatic carbocycles. The number of anilines is 1. The number of aliphatic imine (C=N–C) groups is 1. The number of nitrogens with one attached hydrogen (secondary N) is 2. The molecule has 8 nitrogen and oxygen atoms in total. The molecule has 2 aromatic heterocycles. The van der Waals surface area contributed by atoms with Gasteiger partial charge in [-0.1, -0.05) is 36.4 Å². The zero-order chi connectivity index (χ0) is 22.3. The third kappa shape index (κ3) is 5.26.